The molecule has 8 aromatic rings. The normalized spacial score (nSPS) is 17.6. The number of fused-ring (bicyclic) bond motifs is 2. The fraction of sp³-hybridized carbons (Fsp3) is 0.417. The van der Waals surface area contributed by atoms with E-state index in [1.165, 1.54) is 121 Å². The zero-order valence-corrected chi connectivity index (χ0v) is 58.3. The van der Waals surface area contributed by atoms with E-state index in [1.807, 2.05) is 0 Å². The molecule has 1 amide bonds. The Hall–Kier alpha value is -6.25. The van der Waals surface area contributed by atoms with Crippen LogP contribution in [0.3, 0.4) is 0 Å². The Balaban J connectivity index is 1.33. The van der Waals surface area contributed by atoms with Gasteiger partial charge < -0.3 is 0 Å². The van der Waals surface area contributed by atoms with Gasteiger partial charge in [0.1, 0.15) is 0 Å². The molecule has 3 atom stereocenters. The van der Waals surface area contributed by atoms with E-state index < -0.39 is 0 Å². The molecule has 1 saturated carbocycles. The summed E-state index contributed by atoms with van der Waals surface area (Å²) in [6, 6.07) is 59.9. The fourth-order valence-corrected chi connectivity index (χ4v) is 19.2. The zero-order chi connectivity index (χ0) is 62.7. The predicted octanol–water partition coefficient (Wildman–Crippen LogP) is 23.6. The molecule has 0 N–H and O–H groups in total. The Morgan fingerprint density at radius 2 is 0.713 bits per heavy atom. The summed E-state index contributed by atoms with van der Waals surface area (Å²) in [5, 5.41) is 0. The van der Waals surface area contributed by atoms with E-state index in [9.17, 15) is 4.79 Å². The van der Waals surface area contributed by atoms with Gasteiger partial charge in [0.2, 0.25) is 0 Å². The second-order valence-corrected chi connectivity index (χ2v) is 31.9. The van der Waals surface area contributed by atoms with Crippen LogP contribution >= 0.6 is 0 Å². The van der Waals surface area contributed by atoms with Gasteiger partial charge in [-0.3, -0.25) is 0 Å². The van der Waals surface area contributed by atoms with Crippen molar-refractivity contribution in [3.05, 3.63) is 202 Å². The van der Waals surface area contributed by atoms with E-state index in [4.69, 9.17) is 0 Å². The second kappa shape index (κ2) is 25.3. The third kappa shape index (κ3) is 12.0. The number of para-hydroxylation sites is 1. The first-order chi connectivity index (χ1) is 41.2. The SMILES string of the molecule is CC(=O)N1c2ccccc2C[C@@H]2C(C)(C)[C@H]([Se]c3c(-c4cc(-c5c(C(C)C)cccc5C(C)C)cc(-c5c(C(C)C)cccc5C(C)C)c4)cccc3-c3cc(-c4c(C(C)C)cccc4C(C)C)cc(-c4c(C(C)C)cccc4C(C)C)c3)CC[C@]21C. The number of hydrogen-bond donors (Lipinski definition) is 0. The molecule has 1 aliphatic heterocycles. The third-order valence-electron chi connectivity index (χ3n) is 20.3. The van der Waals surface area contributed by atoms with Gasteiger partial charge in [0.25, 0.3) is 0 Å². The number of anilines is 1. The Morgan fingerprint density at radius 3 is 1.02 bits per heavy atom. The molecule has 0 saturated heterocycles. The molecule has 1 fully saturated rings. The summed E-state index contributed by atoms with van der Waals surface area (Å²) in [5.41, 5.74) is 29.2. The van der Waals surface area contributed by atoms with Gasteiger partial charge in [-0.1, -0.05) is 0 Å². The first-order valence-corrected chi connectivity index (χ1v) is 35.1. The predicted molar refractivity (Wildman–Crippen MR) is 379 cm³/mol. The van der Waals surface area contributed by atoms with Gasteiger partial charge in [-0.15, -0.1) is 0 Å². The van der Waals surface area contributed by atoms with Crippen LogP contribution in [0.4, 0.5) is 5.69 Å². The van der Waals surface area contributed by atoms with Crippen LogP contribution in [-0.2, 0) is 11.2 Å². The van der Waals surface area contributed by atoms with Gasteiger partial charge in [-0.25, -0.2) is 0 Å². The summed E-state index contributed by atoms with van der Waals surface area (Å²) in [7, 11) is 0. The number of hydrogen-bond acceptors (Lipinski definition) is 1. The van der Waals surface area contributed by atoms with Gasteiger partial charge in [0, 0.05) is 0 Å². The van der Waals surface area contributed by atoms with Crippen LogP contribution in [0, 0.1) is 11.3 Å². The van der Waals surface area contributed by atoms with Crippen molar-refractivity contribution in [2.24, 2.45) is 11.3 Å². The molecule has 0 spiro atoms. The van der Waals surface area contributed by atoms with E-state index in [0.717, 1.165) is 24.9 Å². The first-order valence-electron chi connectivity index (χ1n) is 33.3. The Bertz CT molecular complexity index is 3380. The Kier molecular flexibility index (Phi) is 18.6. The van der Waals surface area contributed by atoms with Crippen LogP contribution in [0.2, 0.25) is 4.82 Å². The van der Waals surface area contributed by atoms with Gasteiger partial charge in [0.05, 0.1) is 0 Å². The number of benzene rings is 8. The molecule has 0 unspecified atom stereocenters. The topological polar surface area (TPSA) is 20.3 Å². The summed E-state index contributed by atoms with van der Waals surface area (Å²) in [6.07, 6.45) is 2.96. The minimum atomic E-state index is -0.309. The molecular weight excluding hydrogens is 1120 g/mol. The molecule has 2 nitrogen and oxygen atoms in total. The van der Waals surface area contributed by atoms with Crippen molar-refractivity contribution in [2.75, 3.05) is 4.90 Å². The van der Waals surface area contributed by atoms with Crippen molar-refractivity contribution in [2.45, 2.75) is 215 Å². The van der Waals surface area contributed by atoms with Crippen molar-refractivity contribution in [1.29, 1.82) is 0 Å². The van der Waals surface area contributed by atoms with E-state index >= 15 is 0 Å². The van der Waals surface area contributed by atoms with E-state index in [-0.39, 0.29) is 37.7 Å². The van der Waals surface area contributed by atoms with Crippen LogP contribution < -0.4 is 9.36 Å². The molecule has 87 heavy (non-hydrogen) atoms. The molecule has 1 aliphatic carbocycles. The Morgan fingerprint density at radius 1 is 0.414 bits per heavy atom. The molecule has 454 valence electrons. The summed E-state index contributed by atoms with van der Waals surface area (Å²) < 4.78 is 1.47. The number of rotatable bonds is 16. The van der Waals surface area contributed by atoms with Crippen LogP contribution in [0.15, 0.2) is 152 Å². The standard InChI is InChI=1S/C84H101NOSe/c1-49(2)65-29-23-30-66(50(3)4)78(65)61-42-59(43-62(46-61)79-67(51(5)6)31-24-32-68(79)52(7)8)73-37-27-38-74(82(73)87-77-40-41-84(20)76(83(77,18)19)48-58-28-21-22-39-75(58)85(84)57(17)86)60-44-63(80-69(53(9)10)33-25-34-70(80)54(11)12)47-64(45-60)81-71(55(13)14)35-26-36-72(81)56(15)16/h21-39,42-47,49-56,76-77H,40-41,48H2,1-20H3/t76-,77-,84-/m1/s1. The molecular formula is C84H101NOSe. The minimum absolute atomic E-state index is 0.0309. The van der Waals surface area contributed by atoms with Gasteiger partial charge >= 0.3 is 536 Å². The van der Waals surface area contributed by atoms with Gasteiger partial charge in [-0.2, -0.15) is 0 Å². The molecule has 1 heterocycles. The summed E-state index contributed by atoms with van der Waals surface area (Å²) in [4.78, 5) is 16.7. The van der Waals surface area contributed by atoms with Crippen molar-refractivity contribution in [1.82, 2.24) is 0 Å². The van der Waals surface area contributed by atoms with Crippen LogP contribution in [0.5, 0.6) is 0 Å². The molecule has 0 bridgehead atoms. The number of amides is 1. The second-order valence-electron chi connectivity index (χ2n) is 29.3. The summed E-state index contributed by atoms with van der Waals surface area (Å²) in [6.45, 7) is 47.3. The summed E-state index contributed by atoms with van der Waals surface area (Å²) in [5.74, 6) is 3.09. The maximum atomic E-state index is 14.1. The Labute approximate surface area is 532 Å². The molecule has 0 aromatic heterocycles. The van der Waals surface area contributed by atoms with E-state index in [2.05, 4.69) is 288 Å². The summed E-state index contributed by atoms with van der Waals surface area (Å²) >= 11 is -0.0309. The quantitative estimate of drug-likeness (QED) is 0.0883. The number of nitrogens with zero attached hydrogens (tertiary/aromatic N) is 1. The maximum absolute atomic E-state index is 14.1. The van der Waals surface area contributed by atoms with Crippen LogP contribution in [-0.4, -0.2) is 26.4 Å². The van der Waals surface area contributed by atoms with Crippen molar-refractivity contribution in [3.63, 3.8) is 0 Å². The average molecular weight is 1220 g/mol. The zero-order valence-electron chi connectivity index (χ0n) is 56.6. The first kappa shape index (κ1) is 63.8. The van der Waals surface area contributed by atoms with Gasteiger partial charge in [0.15, 0.2) is 0 Å². The monoisotopic (exact) mass is 1220 g/mol. The van der Waals surface area contributed by atoms with Crippen molar-refractivity contribution >= 4 is 31.0 Å². The number of carbonyl (C=O) groups excluding carboxylic acids is 1. The molecule has 8 aromatic carbocycles. The molecule has 0 radical (unpaired) electrons. The van der Waals surface area contributed by atoms with Crippen molar-refractivity contribution < 1.29 is 4.79 Å². The fourth-order valence-electron chi connectivity index (χ4n) is 15.8. The van der Waals surface area contributed by atoms with E-state index in [1.54, 1.807) is 6.92 Å². The molecule has 3 heteroatoms. The molecule has 2 aliphatic rings. The van der Waals surface area contributed by atoms with Gasteiger partial charge in [-0.05, 0) is 0 Å². The van der Waals surface area contributed by atoms with Crippen molar-refractivity contribution in [3.8, 4) is 66.8 Å². The third-order valence-corrected chi connectivity index (χ3v) is 24.1. The number of carbonyl (C=O) groups is 1. The van der Waals surface area contributed by atoms with Crippen LogP contribution in [0.1, 0.15) is 249 Å². The molecule has 10 rings (SSSR count). The average Bonchev–Trinajstić information content (AvgIpc) is 0.796. The van der Waals surface area contributed by atoms with E-state index in [0.29, 0.717) is 52.2 Å². The van der Waals surface area contributed by atoms with Crippen LogP contribution in [0.25, 0.3) is 66.8 Å².